The van der Waals surface area contributed by atoms with Crippen molar-refractivity contribution >= 4 is 35.3 Å². The van der Waals surface area contributed by atoms with Gasteiger partial charge in [0, 0.05) is 23.4 Å². The highest BCUT2D eigenvalue weighted by molar-refractivity contribution is 6.30. The fourth-order valence-electron chi connectivity index (χ4n) is 1.86. The third-order valence-electron chi connectivity index (χ3n) is 3.11. The van der Waals surface area contributed by atoms with Gasteiger partial charge in [-0.25, -0.2) is 9.82 Å². The van der Waals surface area contributed by atoms with Crippen molar-refractivity contribution in [2.24, 2.45) is 5.10 Å². The summed E-state index contributed by atoms with van der Waals surface area (Å²) in [5, 5.41) is 16.1. The zero-order valence-electron chi connectivity index (χ0n) is 13.0. The second-order valence-electron chi connectivity index (χ2n) is 5.02. The fraction of sp³-hybridized carbons (Fsp3) is 0.118. The van der Waals surface area contributed by atoms with E-state index in [1.54, 1.807) is 6.07 Å². The number of anilines is 1. The van der Waals surface area contributed by atoms with E-state index >= 15 is 0 Å². The van der Waals surface area contributed by atoms with E-state index in [1.807, 2.05) is 0 Å². The largest absolute Gasteiger partial charge is 0.507 e. The molecule has 0 spiro atoms. The van der Waals surface area contributed by atoms with E-state index in [1.165, 1.54) is 42.6 Å². The third-order valence-corrected chi connectivity index (χ3v) is 3.34. The number of hydrogen-bond acceptors (Lipinski definition) is 4. The first-order valence-corrected chi connectivity index (χ1v) is 7.68. The van der Waals surface area contributed by atoms with Crippen LogP contribution >= 0.6 is 11.6 Å². The Morgan fingerprint density at radius 1 is 1.16 bits per heavy atom. The molecule has 0 aliphatic heterocycles. The molecule has 130 valence electrons. The number of hydrazone groups is 1. The number of nitrogens with one attached hydrogen (secondary N) is 2. The summed E-state index contributed by atoms with van der Waals surface area (Å²) in [7, 11) is 0. The van der Waals surface area contributed by atoms with E-state index in [9.17, 15) is 19.1 Å². The summed E-state index contributed by atoms with van der Waals surface area (Å²) >= 11 is 5.79. The Morgan fingerprint density at radius 2 is 1.88 bits per heavy atom. The van der Waals surface area contributed by atoms with Gasteiger partial charge < -0.3 is 10.4 Å². The maximum absolute atomic E-state index is 13.4. The lowest BCUT2D eigenvalue weighted by Gasteiger charge is -2.05. The Labute approximate surface area is 148 Å². The van der Waals surface area contributed by atoms with Crippen molar-refractivity contribution in [1.29, 1.82) is 0 Å². The van der Waals surface area contributed by atoms with Crippen molar-refractivity contribution in [2.45, 2.75) is 12.8 Å². The molecule has 8 heteroatoms. The minimum atomic E-state index is -0.550. The highest BCUT2D eigenvalue weighted by atomic mass is 35.5. The number of nitrogens with zero attached hydrogens (tertiary/aromatic N) is 1. The Morgan fingerprint density at radius 3 is 2.64 bits per heavy atom. The van der Waals surface area contributed by atoms with Crippen molar-refractivity contribution in [3.05, 3.63) is 58.9 Å². The highest BCUT2D eigenvalue weighted by Crippen LogP contribution is 2.19. The summed E-state index contributed by atoms with van der Waals surface area (Å²) in [4.78, 5) is 23.3. The van der Waals surface area contributed by atoms with Crippen molar-refractivity contribution in [2.75, 3.05) is 5.32 Å². The van der Waals surface area contributed by atoms with Gasteiger partial charge in [0.1, 0.15) is 11.6 Å². The molecule has 0 atom stereocenters. The van der Waals surface area contributed by atoms with Crippen LogP contribution in [-0.4, -0.2) is 23.1 Å². The second kappa shape index (κ2) is 8.79. The van der Waals surface area contributed by atoms with Gasteiger partial charge in [-0.2, -0.15) is 5.10 Å². The van der Waals surface area contributed by atoms with E-state index in [4.69, 9.17) is 11.6 Å². The number of rotatable bonds is 6. The smallest absolute Gasteiger partial charge is 0.240 e. The van der Waals surface area contributed by atoms with Crippen LogP contribution in [0.25, 0.3) is 0 Å². The predicted molar refractivity (Wildman–Crippen MR) is 93.1 cm³/mol. The summed E-state index contributed by atoms with van der Waals surface area (Å²) < 4.78 is 13.4. The molecular weight excluding hydrogens is 349 g/mol. The SMILES string of the molecule is O=C(CCC(=O)Nc1ccccc1F)N/N=C/c1cc(Cl)ccc1O. The van der Waals surface area contributed by atoms with Crippen LogP contribution in [0.2, 0.25) is 5.02 Å². The molecule has 0 saturated carbocycles. The Balaban J connectivity index is 1.78. The lowest BCUT2D eigenvalue weighted by Crippen LogP contribution is -2.21. The monoisotopic (exact) mass is 363 g/mol. The quantitative estimate of drug-likeness (QED) is 0.544. The summed E-state index contributed by atoms with van der Waals surface area (Å²) in [5.74, 6) is -1.57. The molecule has 0 aromatic heterocycles. The summed E-state index contributed by atoms with van der Waals surface area (Å²) in [5.41, 5.74) is 2.63. The van der Waals surface area contributed by atoms with Gasteiger partial charge in [0.05, 0.1) is 11.9 Å². The maximum Gasteiger partial charge on any atom is 0.240 e. The van der Waals surface area contributed by atoms with Crippen LogP contribution in [0.3, 0.4) is 0 Å². The lowest BCUT2D eigenvalue weighted by atomic mass is 10.2. The number of carbonyl (C=O) groups excluding carboxylic acids is 2. The molecule has 0 unspecified atom stereocenters. The number of phenolic OH excluding ortho intramolecular Hbond substituents is 1. The van der Waals surface area contributed by atoms with E-state index in [0.29, 0.717) is 10.6 Å². The van der Waals surface area contributed by atoms with Crippen LogP contribution in [-0.2, 0) is 9.59 Å². The Hall–Kier alpha value is -2.93. The minimum absolute atomic E-state index is 0.0355. The lowest BCUT2D eigenvalue weighted by molar-refractivity contribution is -0.124. The number of hydrogen-bond donors (Lipinski definition) is 3. The van der Waals surface area contributed by atoms with Gasteiger partial charge in [-0.1, -0.05) is 23.7 Å². The normalized spacial score (nSPS) is 10.6. The zero-order chi connectivity index (χ0) is 18.2. The van der Waals surface area contributed by atoms with Crippen LogP contribution < -0.4 is 10.7 Å². The van der Waals surface area contributed by atoms with Crippen molar-refractivity contribution < 1.29 is 19.1 Å². The van der Waals surface area contributed by atoms with Crippen molar-refractivity contribution in [1.82, 2.24) is 5.43 Å². The summed E-state index contributed by atoms with van der Waals surface area (Å²) in [6, 6.07) is 10.1. The molecular formula is C17H15ClFN3O3. The molecule has 0 fully saturated rings. The molecule has 0 bridgehead atoms. The summed E-state index contributed by atoms with van der Waals surface area (Å²) in [6.45, 7) is 0. The fourth-order valence-corrected chi connectivity index (χ4v) is 2.04. The number of aromatic hydroxyl groups is 1. The second-order valence-corrected chi connectivity index (χ2v) is 5.46. The molecule has 0 aliphatic rings. The molecule has 6 nitrogen and oxygen atoms in total. The molecule has 2 rings (SSSR count). The van der Waals surface area contributed by atoms with Gasteiger partial charge in [0.15, 0.2) is 0 Å². The third kappa shape index (κ3) is 5.89. The molecule has 25 heavy (non-hydrogen) atoms. The Bertz CT molecular complexity index is 811. The van der Waals surface area contributed by atoms with Crippen molar-refractivity contribution in [3.63, 3.8) is 0 Å². The number of benzene rings is 2. The number of amides is 2. The molecule has 2 aromatic carbocycles. The van der Waals surface area contributed by atoms with Crippen LogP contribution in [0.15, 0.2) is 47.6 Å². The minimum Gasteiger partial charge on any atom is -0.507 e. The van der Waals surface area contributed by atoms with Gasteiger partial charge >= 0.3 is 0 Å². The summed E-state index contributed by atoms with van der Waals surface area (Å²) in [6.07, 6.45) is 0.982. The van der Waals surface area contributed by atoms with Gasteiger partial charge in [-0.3, -0.25) is 9.59 Å². The number of carbonyl (C=O) groups is 2. The first-order chi connectivity index (χ1) is 12.0. The van der Waals surface area contributed by atoms with Crippen LogP contribution in [0.5, 0.6) is 5.75 Å². The van der Waals surface area contributed by atoms with Crippen LogP contribution in [0.1, 0.15) is 18.4 Å². The number of halogens is 2. The van der Waals surface area contributed by atoms with E-state index in [2.05, 4.69) is 15.8 Å². The first-order valence-electron chi connectivity index (χ1n) is 7.30. The Kier molecular flexibility index (Phi) is 6.47. The van der Waals surface area contributed by atoms with E-state index in [-0.39, 0.29) is 24.3 Å². The highest BCUT2D eigenvalue weighted by Gasteiger charge is 2.09. The topological polar surface area (TPSA) is 90.8 Å². The van der Waals surface area contributed by atoms with E-state index < -0.39 is 17.6 Å². The molecule has 0 saturated heterocycles. The predicted octanol–water partition coefficient (Wildman–Crippen LogP) is 3.05. The van der Waals surface area contributed by atoms with Crippen LogP contribution in [0.4, 0.5) is 10.1 Å². The molecule has 0 heterocycles. The van der Waals surface area contributed by atoms with Crippen molar-refractivity contribution in [3.8, 4) is 5.75 Å². The zero-order valence-corrected chi connectivity index (χ0v) is 13.8. The molecule has 0 aliphatic carbocycles. The molecule has 2 aromatic rings. The van der Waals surface area contributed by atoms with Gasteiger partial charge in [0.2, 0.25) is 11.8 Å². The number of para-hydroxylation sites is 1. The molecule has 3 N–H and O–H groups in total. The van der Waals surface area contributed by atoms with E-state index in [0.717, 1.165) is 0 Å². The van der Waals surface area contributed by atoms with Gasteiger partial charge in [0.25, 0.3) is 0 Å². The molecule has 2 amide bonds. The molecule has 0 radical (unpaired) electrons. The van der Waals surface area contributed by atoms with Gasteiger partial charge in [-0.15, -0.1) is 0 Å². The van der Waals surface area contributed by atoms with Crippen LogP contribution in [0, 0.1) is 5.82 Å². The maximum atomic E-state index is 13.4. The average molecular weight is 364 g/mol. The van der Waals surface area contributed by atoms with Gasteiger partial charge in [-0.05, 0) is 30.3 Å². The first kappa shape index (κ1) is 18.4. The average Bonchev–Trinajstić information content (AvgIpc) is 2.58. The number of phenols is 1. The standard InChI is InChI=1S/C17H15ClFN3O3/c18-12-5-6-15(23)11(9-12)10-20-22-17(25)8-7-16(24)21-14-4-2-1-3-13(14)19/h1-6,9-10,23H,7-8H2,(H,21,24)(H,22,25)/b20-10+.